The quantitative estimate of drug-likeness (QED) is 0.0261. The summed E-state index contributed by atoms with van der Waals surface area (Å²) < 4.78 is 16.8. The van der Waals surface area contributed by atoms with Gasteiger partial charge in [0.25, 0.3) is 0 Å². The molecule has 0 spiro atoms. The number of esters is 3. The Morgan fingerprint density at radius 3 is 0.782 bits per heavy atom. The summed E-state index contributed by atoms with van der Waals surface area (Å²) in [6.45, 7) is 6.33. The molecule has 0 radical (unpaired) electrons. The van der Waals surface area contributed by atoms with Crippen molar-refractivity contribution < 1.29 is 28.6 Å². The zero-order valence-corrected chi connectivity index (χ0v) is 49.9. The van der Waals surface area contributed by atoms with Crippen LogP contribution in [0.4, 0.5) is 0 Å². The first-order chi connectivity index (χ1) is 38.5. The number of hydrogen-bond acceptors (Lipinski definition) is 6. The van der Waals surface area contributed by atoms with Gasteiger partial charge >= 0.3 is 17.9 Å². The van der Waals surface area contributed by atoms with E-state index in [-0.39, 0.29) is 37.5 Å². The Hall–Kier alpha value is -5.23. The van der Waals surface area contributed by atoms with Crippen molar-refractivity contribution in [3.05, 3.63) is 170 Å². The third-order valence-electron chi connectivity index (χ3n) is 12.5. The van der Waals surface area contributed by atoms with Crippen molar-refractivity contribution >= 4 is 17.9 Å². The molecule has 78 heavy (non-hydrogen) atoms. The van der Waals surface area contributed by atoms with Crippen molar-refractivity contribution in [3.8, 4) is 0 Å². The predicted molar refractivity (Wildman–Crippen MR) is 338 cm³/mol. The second kappa shape index (κ2) is 64.3. The van der Waals surface area contributed by atoms with E-state index in [0.717, 1.165) is 154 Å². The molecule has 0 aromatic carbocycles. The fourth-order valence-corrected chi connectivity index (χ4v) is 7.87. The fraction of sp³-hybridized carbons (Fsp3) is 0.569. The Kier molecular flexibility index (Phi) is 60.0. The van der Waals surface area contributed by atoms with Crippen LogP contribution in [0.1, 0.15) is 245 Å². The number of hydrogen-bond donors (Lipinski definition) is 0. The number of unbranched alkanes of at least 4 members (excludes halogenated alkanes) is 15. The maximum absolute atomic E-state index is 12.9. The van der Waals surface area contributed by atoms with E-state index in [1.165, 1.54) is 44.9 Å². The van der Waals surface area contributed by atoms with Crippen LogP contribution in [0.3, 0.4) is 0 Å². The van der Waals surface area contributed by atoms with Gasteiger partial charge in [-0.1, -0.05) is 262 Å². The standard InChI is InChI=1S/C72H112O6/c1-4-7-10-13-16-19-22-24-26-28-30-32-34-36-38-40-42-44-46-48-50-53-56-59-62-65-71(74)77-68-69(67-76-70(73)64-61-58-55-52-21-18-15-12-9-6-3)78-72(75)66-63-60-57-54-51-49-47-45-43-41-39-37-35-33-31-29-27-25-23-20-17-14-11-8-5-2/h7-8,10-11,16-17,19-20,24-27,30-33,36-39,42-45,48-51,69H,4-6,9,12-15,18,21-23,28-29,34-35,40-41,46-47,52-68H2,1-3H3/b10-7-,11-8-,19-16-,20-17-,26-24-,27-25-,32-30-,33-31-,38-36-,39-37-,44-42-,45-43-,50-48-,51-49-. The molecule has 0 N–H and O–H groups in total. The molecule has 0 aromatic heterocycles. The van der Waals surface area contributed by atoms with Gasteiger partial charge in [-0.05, 0) is 135 Å². The van der Waals surface area contributed by atoms with Gasteiger partial charge in [0, 0.05) is 19.3 Å². The molecule has 6 heteroatoms. The number of allylic oxidation sites excluding steroid dienone is 28. The smallest absolute Gasteiger partial charge is 0.306 e. The van der Waals surface area contributed by atoms with E-state index in [9.17, 15) is 14.4 Å². The fourth-order valence-electron chi connectivity index (χ4n) is 7.87. The van der Waals surface area contributed by atoms with Gasteiger partial charge in [-0.3, -0.25) is 14.4 Å². The molecule has 1 unspecified atom stereocenters. The van der Waals surface area contributed by atoms with Gasteiger partial charge in [0.15, 0.2) is 6.10 Å². The third kappa shape index (κ3) is 61.6. The molecule has 0 aromatic rings. The Balaban J connectivity index is 4.46. The SMILES string of the molecule is CC/C=C\C/C=C\C/C=C\C/C=C\C/C=C\C/C=C\C/C=C\CCCCCC(=O)OCC(COC(=O)CCCCCCCCCCCC)OC(=O)CCCCC/C=C\C/C=C\C/C=C\C/C=C\C/C=C\C/C=C\C/C=C\CC. The van der Waals surface area contributed by atoms with Crippen LogP contribution < -0.4 is 0 Å². The van der Waals surface area contributed by atoms with Crippen molar-refractivity contribution in [1.82, 2.24) is 0 Å². The Morgan fingerprint density at radius 2 is 0.500 bits per heavy atom. The van der Waals surface area contributed by atoms with Crippen molar-refractivity contribution in [2.45, 2.75) is 252 Å². The van der Waals surface area contributed by atoms with Gasteiger partial charge < -0.3 is 14.2 Å². The third-order valence-corrected chi connectivity index (χ3v) is 12.5. The molecule has 0 aliphatic rings. The molecule has 0 saturated heterocycles. The summed E-state index contributed by atoms with van der Waals surface area (Å²) in [4.78, 5) is 38.2. The van der Waals surface area contributed by atoms with E-state index in [1.54, 1.807) is 0 Å². The summed E-state index contributed by atoms with van der Waals surface area (Å²) in [6.07, 6.45) is 95.0. The summed E-state index contributed by atoms with van der Waals surface area (Å²) in [7, 11) is 0. The first-order valence-electron chi connectivity index (χ1n) is 31.1. The molecule has 0 aliphatic carbocycles. The van der Waals surface area contributed by atoms with Crippen LogP contribution in [0.15, 0.2) is 170 Å². The van der Waals surface area contributed by atoms with Crippen molar-refractivity contribution in [2.24, 2.45) is 0 Å². The molecule has 0 heterocycles. The van der Waals surface area contributed by atoms with Gasteiger partial charge in [0.05, 0.1) is 0 Å². The summed E-state index contributed by atoms with van der Waals surface area (Å²) in [6, 6.07) is 0. The highest BCUT2D eigenvalue weighted by Crippen LogP contribution is 2.13. The lowest BCUT2D eigenvalue weighted by Gasteiger charge is -2.18. The summed E-state index contributed by atoms with van der Waals surface area (Å²) in [5.41, 5.74) is 0. The topological polar surface area (TPSA) is 78.9 Å². The van der Waals surface area contributed by atoms with Gasteiger partial charge in [-0.15, -0.1) is 0 Å². The molecule has 0 aliphatic heterocycles. The number of ether oxygens (including phenoxy) is 3. The Labute approximate surface area is 479 Å². The maximum atomic E-state index is 12.9. The molecule has 0 rings (SSSR count). The molecular formula is C72H112O6. The second-order valence-corrected chi connectivity index (χ2v) is 19.9. The lowest BCUT2D eigenvalue weighted by atomic mass is 10.1. The molecule has 436 valence electrons. The zero-order chi connectivity index (χ0) is 56.4. The van der Waals surface area contributed by atoms with E-state index in [4.69, 9.17) is 14.2 Å². The van der Waals surface area contributed by atoms with Crippen molar-refractivity contribution in [2.75, 3.05) is 13.2 Å². The van der Waals surface area contributed by atoms with E-state index in [0.29, 0.717) is 19.3 Å². The van der Waals surface area contributed by atoms with E-state index >= 15 is 0 Å². The van der Waals surface area contributed by atoms with Gasteiger partial charge in [-0.2, -0.15) is 0 Å². The maximum Gasteiger partial charge on any atom is 0.306 e. The molecule has 6 nitrogen and oxygen atoms in total. The second-order valence-electron chi connectivity index (χ2n) is 19.9. The van der Waals surface area contributed by atoms with Gasteiger partial charge in [-0.25, -0.2) is 0 Å². The van der Waals surface area contributed by atoms with Crippen LogP contribution in [0.5, 0.6) is 0 Å². The molecule has 0 saturated carbocycles. The molecule has 0 bridgehead atoms. The van der Waals surface area contributed by atoms with Crippen molar-refractivity contribution in [3.63, 3.8) is 0 Å². The highest BCUT2D eigenvalue weighted by Gasteiger charge is 2.19. The lowest BCUT2D eigenvalue weighted by molar-refractivity contribution is -0.167. The Bertz CT molecular complexity index is 1810. The Morgan fingerprint density at radius 1 is 0.269 bits per heavy atom. The average molecular weight is 1070 g/mol. The largest absolute Gasteiger partial charge is 0.462 e. The highest BCUT2D eigenvalue weighted by molar-refractivity contribution is 5.71. The molecule has 1 atom stereocenters. The zero-order valence-electron chi connectivity index (χ0n) is 49.9. The van der Waals surface area contributed by atoms with E-state index in [1.807, 2.05) is 0 Å². The molecule has 0 amide bonds. The highest BCUT2D eigenvalue weighted by atomic mass is 16.6. The average Bonchev–Trinajstić information content (AvgIpc) is 3.44. The minimum Gasteiger partial charge on any atom is -0.462 e. The van der Waals surface area contributed by atoms with E-state index in [2.05, 4.69) is 191 Å². The summed E-state index contributed by atoms with van der Waals surface area (Å²) in [5.74, 6) is -0.985. The summed E-state index contributed by atoms with van der Waals surface area (Å²) in [5, 5.41) is 0. The van der Waals surface area contributed by atoms with Crippen molar-refractivity contribution in [1.29, 1.82) is 0 Å². The number of carbonyl (C=O) groups is 3. The molecular weight excluding hydrogens is 961 g/mol. The minimum atomic E-state index is -0.818. The first-order valence-corrected chi connectivity index (χ1v) is 31.1. The van der Waals surface area contributed by atoms with Gasteiger partial charge in [0.2, 0.25) is 0 Å². The predicted octanol–water partition coefficient (Wildman–Crippen LogP) is 21.5. The number of carbonyl (C=O) groups excluding carboxylic acids is 3. The van der Waals surface area contributed by atoms with Crippen LogP contribution in [0.25, 0.3) is 0 Å². The molecule has 0 fully saturated rings. The lowest BCUT2D eigenvalue weighted by Crippen LogP contribution is -2.30. The first kappa shape index (κ1) is 72.8. The summed E-state index contributed by atoms with van der Waals surface area (Å²) >= 11 is 0. The van der Waals surface area contributed by atoms with E-state index < -0.39 is 6.10 Å². The monoisotopic (exact) mass is 1070 g/mol. The van der Waals surface area contributed by atoms with Crippen LogP contribution in [0, 0.1) is 0 Å². The number of rotatable bonds is 54. The van der Waals surface area contributed by atoms with Crippen LogP contribution >= 0.6 is 0 Å². The normalized spacial score (nSPS) is 13.3. The van der Waals surface area contributed by atoms with Crippen LogP contribution in [0.2, 0.25) is 0 Å². The minimum absolute atomic E-state index is 0.109. The van der Waals surface area contributed by atoms with Gasteiger partial charge in [0.1, 0.15) is 13.2 Å². The van der Waals surface area contributed by atoms with Crippen LogP contribution in [-0.2, 0) is 28.6 Å². The van der Waals surface area contributed by atoms with Crippen LogP contribution in [-0.4, -0.2) is 37.2 Å².